The van der Waals surface area contributed by atoms with Gasteiger partial charge >= 0.3 is 5.97 Å². The summed E-state index contributed by atoms with van der Waals surface area (Å²) < 4.78 is 7.08. The van der Waals surface area contributed by atoms with Crippen molar-refractivity contribution in [3.63, 3.8) is 0 Å². The highest BCUT2D eigenvalue weighted by molar-refractivity contribution is 5.91. The Labute approximate surface area is 201 Å². The minimum absolute atomic E-state index is 0.0373. The highest BCUT2D eigenvalue weighted by Gasteiger charge is 2.51. The van der Waals surface area contributed by atoms with E-state index in [4.69, 9.17) is 4.74 Å². The van der Waals surface area contributed by atoms with Crippen LogP contribution in [0.5, 0.6) is 0 Å². The van der Waals surface area contributed by atoms with E-state index in [1.54, 1.807) is 12.4 Å². The Kier molecular flexibility index (Phi) is 6.63. The maximum Gasteiger partial charge on any atom is 0.317 e. The van der Waals surface area contributed by atoms with Crippen molar-refractivity contribution in [3.05, 3.63) is 54.6 Å². The lowest BCUT2D eigenvalue weighted by molar-refractivity contribution is -0.939. The fourth-order valence-corrected chi connectivity index (χ4v) is 6.40. The van der Waals surface area contributed by atoms with Crippen molar-refractivity contribution in [2.75, 3.05) is 31.5 Å². The largest absolute Gasteiger partial charge is 0.455 e. The van der Waals surface area contributed by atoms with E-state index in [0.29, 0.717) is 22.6 Å². The van der Waals surface area contributed by atoms with Crippen molar-refractivity contribution < 1.29 is 18.8 Å². The van der Waals surface area contributed by atoms with E-state index in [9.17, 15) is 9.59 Å². The Bertz CT molecular complexity index is 981. The van der Waals surface area contributed by atoms with Gasteiger partial charge in [-0.2, -0.15) is 0 Å². The highest BCUT2D eigenvalue weighted by Crippen LogP contribution is 2.42. The Morgan fingerprint density at radius 3 is 2.35 bits per heavy atom. The number of rotatable bonds is 6. The van der Waals surface area contributed by atoms with Crippen LogP contribution in [0.3, 0.4) is 0 Å². The molecule has 1 aromatic carbocycles. The molecule has 2 bridgehead atoms. The maximum atomic E-state index is 13.9. The van der Waals surface area contributed by atoms with Gasteiger partial charge < -0.3 is 14.5 Å². The van der Waals surface area contributed by atoms with Crippen LogP contribution in [0.15, 0.2) is 49.1 Å². The van der Waals surface area contributed by atoms with Gasteiger partial charge in [-0.15, -0.1) is 0 Å². The molecule has 4 aliphatic rings. The summed E-state index contributed by atoms with van der Waals surface area (Å²) in [5, 5.41) is 2.92. The standard InChI is InChI=1S/C27H34N4O3/c32-25(30-23-16-28-20-29-17-23)19-31-14-10-21(11-15-31)24(18-31)34-26(33)27(12-6-1-2-7-13-27)22-8-4-3-5-9-22/h3-5,8-9,16-17,20-21,24H,1-2,6-7,10-15,18-19H2/p+1. The van der Waals surface area contributed by atoms with Gasteiger partial charge in [-0.3, -0.25) is 9.59 Å². The minimum Gasteiger partial charge on any atom is -0.455 e. The fraction of sp³-hybridized carbons (Fsp3) is 0.556. The summed E-state index contributed by atoms with van der Waals surface area (Å²) in [6, 6.07) is 10.2. The van der Waals surface area contributed by atoms with E-state index in [0.717, 1.165) is 63.7 Å². The van der Waals surface area contributed by atoms with Gasteiger partial charge in [-0.1, -0.05) is 56.0 Å². The van der Waals surface area contributed by atoms with Crippen LogP contribution in [0.1, 0.15) is 56.9 Å². The number of nitrogens with one attached hydrogen (secondary N) is 1. The van der Waals surface area contributed by atoms with E-state index in [1.807, 2.05) is 18.2 Å². The van der Waals surface area contributed by atoms with Crippen LogP contribution in [0.25, 0.3) is 0 Å². The number of amides is 1. The molecule has 1 aromatic heterocycles. The molecular weight excluding hydrogens is 428 g/mol. The van der Waals surface area contributed by atoms with Crippen LogP contribution in [-0.4, -0.2) is 58.6 Å². The van der Waals surface area contributed by atoms with Gasteiger partial charge in [0.1, 0.15) is 12.9 Å². The third-order valence-corrected chi connectivity index (χ3v) is 8.30. The molecule has 1 atom stereocenters. The molecule has 2 aromatic rings. The molecule has 1 saturated carbocycles. The predicted octanol–water partition coefficient (Wildman–Crippen LogP) is 3.86. The number of ether oxygens (including phenoxy) is 1. The van der Waals surface area contributed by atoms with Crippen molar-refractivity contribution in [1.82, 2.24) is 9.97 Å². The summed E-state index contributed by atoms with van der Waals surface area (Å²) in [6.07, 6.45) is 12.7. The van der Waals surface area contributed by atoms with Crippen LogP contribution < -0.4 is 5.32 Å². The number of esters is 1. The lowest BCUT2D eigenvalue weighted by atomic mass is 9.74. The molecule has 1 N–H and O–H groups in total. The van der Waals surface area contributed by atoms with Gasteiger partial charge in [0.2, 0.25) is 0 Å². The molecule has 1 aliphatic carbocycles. The second-order valence-electron chi connectivity index (χ2n) is 10.4. The number of hydrogen-bond acceptors (Lipinski definition) is 5. The molecule has 3 aliphatic heterocycles. The summed E-state index contributed by atoms with van der Waals surface area (Å²) in [5.41, 5.74) is 1.16. The van der Waals surface area contributed by atoms with Gasteiger partial charge in [-0.25, -0.2) is 9.97 Å². The molecule has 4 fully saturated rings. The van der Waals surface area contributed by atoms with Crippen LogP contribution >= 0.6 is 0 Å². The van der Waals surface area contributed by atoms with Crippen LogP contribution in [0, 0.1) is 5.92 Å². The second kappa shape index (κ2) is 9.82. The Morgan fingerprint density at radius 1 is 1.00 bits per heavy atom. The van der Waals surface area contributed by atoms with E-state index in [1.165, 1.54) is 19.2 Å². The average molecular weight is 464 g/mol. The van der Waals surface area contributed by atoms with Crippen molar-refractivity contribution >= 4 is 17.6 Å². The zero-order chi connectivity index (χ0) is 23.4. The van der Waals surface area contributed by atoms with E-state index >= 15 is 0 Å². The van der Waals surface area contributed by atoms with Crippen LogP contribution in [0.4, 0.5) is 5.69 Å². The third-order valence-electron chi connectivity index (χ3n) is 8.30. The first kappa shape index (κ1) is 23.0. The van der Waals surface area contributed by atoms with Crippen molar-refractivity contribution in [2.45, 2.75) is 62.9 Å². The molecule has 6 rings (SSSR count). The zero-order valence-electron chi connectivity index (χ0n) is 19.8. The van der Waals surface area contributed by atoms with Gasteiger partial charge in [0.25, 0.3) is 5.91 Å². The first-order valence-electron chi connectivity index (χ1n) is 12.8. The van der Waals surface area contributed by atoms with E-state index < -0.39 is 5.41 Å². The van der Waals surface area contributed by atoms with Gasteiger partial charge in [0.15, 0.2) is 12.6 Å². The van der Waals surface area contributed by atoms with Crippen LogP contribution in [0.2, 0.25) is 0 Å². The number of hydrogen-bond donors (Lipinski definition) is 1. The minimum atomic E-state index is -0.542. The average Bonchev–Trinajstić information content (AvgIpc) is 3.13. The van der Waals surface area contributed by atoms with Gasteiger partial charge in [0.05, 0.1) is 36.6 Å². The Hall–Kier alpha value is -2.80. The van der Waals surface area contributed by atoms with Gasteiger partial charge in [0, 0.05) is 18.8 Å². The molecule has 180 valence electrons. The SMILES string of the molecule is O=C(C[N+]12CCC(CC1)C(OC(=O)C1(c3ccccc3)CCCCCC1)C2)Nc1cncnc1. The lowest BCUT2D eigenvalue weighted by Gasteiger charge is -2.52. The lowest BCUT2D eigenvalue weighted by Crippen LogP contribution is -2.66. The summed E-state index contributed by atoms with van der Waals surface area (Å²) in [6.45, 7) is 3.03. The number of quaternary nitrogens is 1. The number of anilines is 1. The van der Waals surface area contributed by atoms with Crippen molar-refractivity contribution in [3.8, 4) is 0 Å². The zero-order valence-corrected chi connectivity index (χ0v) is 19.8. The number of piperidine rings is 3. The second-order valence-corrected chi connectivity index (χ2v) is 10.4. The summed E-state index contributed by atoms with van der Waals surface area (Å²) in [4.78, 5) is 34.6. The number of fused-ring (bicyclic) bond motifs is 3. The topological polar surface area (TPSA) is 81.2 Å². The summed E-state index contributed by atoms with van der Waals surface area (Å²) in [7, 11) is 0. The Morgan fingerprint density at radius 2 is 1.68 bits per heavy atom. The molecule has 7 heteroatoms. The Balaban J connectivity index is 1.30. The highest BCUT2D eigenvalue weighted by atomic mass is 16.5. The molecule has 34 heavy (non-hydrogen) atoms. The fourth-order valence-electron chi connectivity index (χ4n) is 6.40. The number of aromatic nitrogens is 2. The number of carbonyl (C=O) groups excluding carboxylic acids is 2. The monoisotopic (exact) mass is 463 g/mol. The van der Waals surface area contributed by atoms with E-state index in [2.05, 4.69) is 27.4 Å². The third kappa shape index (κ3) is 4.71. The molecule has 4 heterocycles. The number of carbonyl (C=O) groups is 2. The van der Waals surface area contributed by atoms with Crippen molar-refractivity contribution in [2.24, 2.45) is 5.92 Å². The molecule has 3 saturated heterocycles. The normalized spacial score (nSPS) is 28.0. The molecular formula is C27H35N4O3+. The van der Waals surface area contributed by atoms with Crippen LogP contribution in [-0.2, 0) is 19.7 Å². The summed E-state index contributed by atoms with van der Waals surface area (Å²) in [5.74, 6) is 0.307. The molecule has 0 radical (unpaired) electrons. The molecule has 1 unspecified atom stereocenters. The number of nitrogens with zero attached hydrogens (tertiary/aromatic N) is 3. The predicted molar refractivity (Wildman–Crippen MR) is 129 cm³/mol. The quantitative estimate of drug-likeness (QED) is 0.400. The van der Waals surface area contributed by atoms with Crippen molar-refractivity contribution in [1.29, 1.82) is 0 Å². The van der Waals surface area contributed by atoms with E-state index in [-0.39, 0.29) is 18.0 Å². The molecule has 1 amide bonds. The molecule has 7 nitrogen and oxygen atoms in total. The van der Waals surface area contributed by atoms with Gasteiger partial charge in [-0.05, 0) is 18.4 Å². The summed E-state index contributed by atoms with van der Waals surface area (Å²) >= 11 is 0. The maximum absolute atomic E-state index is 13.9. The smallest absolute Gasteiger partial charge is 0.317 e. The molecule has 0 spiro atoms. The first-order chi connectivity index (χ1) is 16.6. The first-order valence-corrected chi connectivity index (χ1v) is 12.8. The number of benzene rings is 1.